The monoisotopic (exact) mass is 266 g/mol. The zero-order chi connectivity index (χ0) is 12.8. The zero-order valence-electron chi connectivity index (χ0n) is 11.5. The summed E-state index contributed by atoms with van der Waals surface area (Å²) in [5.41, 5.74) is 9.32. The summed E-state index contributed by atoms with van der Waals surface area (Å²) in [7, 11) is 0. The summed E-state index contributed by atoms with van der Waals surface area (Å²) < 4.78 is 0. The van der Waals surface area contributed by atoms with Gasteiger partial charge in [-0.25, -0.2) is 0 Å². The highest BCUT2D eigenvalue weighted by Gasteiger charge is 2.29. The first-order valence-corrected chi connectivity index (χ1v) is 8.12. The van der Waals surface area contributed by atoms with Crippen molar-refractivity contribution in [2.45, 2.75) is 52.0 Å². The first-order chi connectivity index (χ1) is 8.76. The summed E-state index contributed by atoms with van der Waals surface area (Å²) in [6.07, 6.45) is 8.07. The lowest BCUT2D eigenvalue weighted by Gasteiger charge is -2.36. The van der Waals surface area contributed by atoms with Crippen LogP contribution in [0.5, 0.6) is 0 Å². The maximum absolute atomic E-state index is 6.01. The number of hydrogen-bond donors (Lipinski definition) is 2. The van der Waals surface area contributed by atoms with E-state index in [-0.39, 0.29) is 0 Å². The van der Waals surface area contributed by atoms with Crippen LogP contribution in [-0.4, -0.2) is 13.1 Å². The average molecular weight is 266 g/mol. The van der Waals surface area contributed by atoms with Crippen molar-refractivity contribution in [3.63, 3.8) is 0 Å². The van der Waals surface area contributed by atoms with Gasteiger partial charge in [0, 0.05) is 6.54 Å². The summed E-state index contributed by atoms with van der Waals surface area (Å²) in [6, 6.07) is 0. The second-order valence-corrected chi connectivity index (χ2v) is 6.52. The SMILES string of the molecule is Cc1cscc1CNCCC1(CN)CCCCC1. The Labute approximate surface area is 115 Å². The Bertz CT molecular complexity index is 353. The van der Waals surface area contributed by atoms with E-state index in [1.54, 1.807) is 11.3 Å². The van der Waals surface area contributed by atoms with Crippen molar-refractivity contribution in [3.8, 4) is 0 Å². The van der Waals surface area contributed by atoms with E-state index in [4.69, 9.17) is 5.73 Å². The first kappa shape index (κ1) is 14.0. The van der Waals surface area contributed by atoms with Crippen molar-refractivity contribution in [1.82, 2.24) is 5.32 Å². The van der Waals surface area contributed by atoms with Crippen LogP contribution in [0.1, 0.15) is 49.7 Å². The molecule has 0 radical (unpaired) electrons. The summed E-state index contributed by atoms with van der Waals surface area (Å²) in [4.78, 5) is 0. The van der Waals surface area contributed by atoms with Crippen LogP contribution in [0.4, 0.5) is 0 Å². The minimum atomic E-state index is 0.439. The van der Waals surface area contributed by atoms with Gasteiger partial charge in [0.1, 0.15) is 0 Å². The van der Waals surface area contributed by atoms with Gasteiger partial charge in [0.15, 0.2) is 0 Å². The molecule has 0 spiro atoms. The van der Waals surface area contributed by atoms with Gasteiger partial charge >= 0.3 is 0 Å². The van der Waals surface area contributed by atoms with Crippen LogP contribution in [-0.2, 0) is 6.54 Å². The molecular weight excluding hydrogens is 240 g/mol. The summed E-state index contributed by atoms with van der Waals surface area (Å²) >= 11 is 1.80. The molecule has 18 heavy (non-hydrogen) atoms. The minimum absolute atomic E-state index is 0.439. The van der Waals surface area contributed by atoms with Crippen LogP contribution >= 0.6 is 11.3 Å². The maximum atomic E-state index is 6.01. The number of aryl methyl sites for hydroxylation is 1. The van der Waals surface area contributed by atoms with Gasteiger partial charge < -0.3 is 11.1 Å². The van der Waals surface area contributed by atoms with Gasteiger partial charge in [-0.2, -0.15) is 11.3 Å². The molecule has 0 aromatic carbocycles. The highest BCUT2D eigenvalue weighted by atomic mass is 32.1. The summed E-state index contributed by atoms with van der Waals surface area (Å²) in [5.74, 6) is 0. The molecule has 3 N–H and O–H groups in total. The molecule has 0 unspecified atom stereocenters. The highest BCUT2D eigenvalue weighted by molar-refractivity contribution is 7.08. The van der Waals surface area contributed by atoms with Crippen LogP contribution in [0, 0.1) is 12.3 Å². The minimum Gasteiger partial charge on any atom is -0.330 e. The lowest BCUT2D eigenvalue weighted by atomic mass is 9.72. The summed E-state index contributed by atoms with van der Waals surface area (Å²) in [5, 5.41) is 8.06. The molecule has 1 aliphatic rings. The largest absolute Gasteiger partial charge is 0.330 e. The molecule has 1 fully saturated rings. The van der Waals surface area contributed by atoms with Gasteiger partial charge in [0.25, 0.3) is 0 Å². The number of hydrogen-bond acceptors (Lipinski definition) is 3. The Morgan fingerprint density at radius 3 is 2.67 bits per heavy atom. The molecule has 1 aliphatic carbocycles. The Morgan fingerprint density at radius 1 is 1.28 bits per heavy atom. The predicted octanol–water partition coefficient (Wildman–Crippen LogP) is 3.45. The fourth-order valence-electron chi connectivity index (χ4n) is 3.00. The molecule has 1 aromatic heterocycles. The van der Waals surface area contributed by atoms with Crippen LogP contribution < -0.4 is 11.1 Å². The fraction of sp³-hybridized carbons (Fsp3) is 0.733. The third kappa shape index (κ3) is 3.56. The zero-order valence-corrected chi connectivity index (χ0v) is 12.3. The molecule has 0 aliphatic heterocycles. The molecule has 1 heterocycles. The second kappa shape index (κ2) is 6.69. The quantitative estimate of drug-likeness (QED) is 0.774. The number of rotatable bonds is 6. The van der Waals surface area contributed by atoms with E-state index in [1.165, 1.54) is 49.7 Å². The van der Waals surface area contributed by atoms with Gasteiger partial charge in [0.05, 0.1) is 0 Å². The van der Waals surface area contributed by atoms with Crippen molar-refractivity contribution in [1.29, 1.82) is 0 Å². The molecule has 0 amide bonds. The molecule has 2 nitrogen and oxygen atoms in total. The molecule has 0 saturated heterocycles. The van der Waals surface area contributed by atoms with E-state index in [0.717, 1.165) is 19.6 Å². The second-order valence-electron chi connectivity index (χ2n) is 5.77. The van der Waals surface area contributed by atoms with Gasteiger partial charge in [-0.05, 0) is 66.6 Å². The van der Waals surface area contributed by atoms with E-state index in [2.05, 4.69) is 23.0 Å². The van der Waals surface area contributed by atoms with Crippen molar-refractivity contribution in [2.24, 2.45) is 11.1 Å². The fourth-order valence-corrected chi connectivity index (χ4v) is 3.86. The first-order valence-electron chi connectivity index (χ1n) is 7.18. The average Bonchev–Trinajstić information content (AvgIpc) is 2.82. The topological polar surface area (TPSA) is 38.0 Å². The van der Waals surface area contributed by atoms with Crippen LogP contribution in [0.2, 0.25) is 0 Å². The van der Waals surface area contributed by atoms with E-state index in [1.807, 2.05) is 0 Å². The van der Waals surface area contributed by atoms with Gasteiger partial charge in [-0.1, -0.05) is 19.3 Å². The van der Waals surface area contributed by atoms with Crippen molar-refractivity contribution >= 4 is 11.3 Å². The van der Waals surface area contributed by atoms with Gasteiger partial charge in [-0.3, -0.25) is 0 Å². The lowest BCUT2D eigenvalue weighted by molar-refractivity contribution is 0.181. The van der Waals surface area contributed by atoms with E-state index in [9.17, 15) is 0 Å². The number of thiophene rings is 1. The molecule has 3 heteroatoms. The van der Waals surface area contributed by atoms with Gasteiger partial charge in [-0.15, -0.1) is 0 Å². The Balaban J connectivity index is 1.72. The standard InChI is InChI=1S/C15H26N2S/c1-13-10-18-11-14(13)9-17-8-7-15(12-16)5-3-2-4-6-15/h10-11,17H,2-9,12,16H2,1H3. The maximum Gasteiger partial charge on any atom is 0.0216 e. The third-order valence-corrected chi connectivity index (χ3v) is 5.37. The Morgan fingerprint density at radius 2 is 2.06 bits per heavy atom. The normalized spacial score (nSPS) is 19.0. The molecule has 102 valence electrons. The molecule has 0 bridgehead atoms. The molecule has 2 rings (SSSR count). The van der Waals surface area contributed by atoms with Gasteiger partial charge in [0.2, 0.25) is 0 Å². The van der Waals surface area contributed by atoms with Crippen molar-refractivity contribution in [3.05, 3.63) is 21.9 Å². The number of nitrogens with two attached hydrogens (primary N) is 1. The lowest BCUT2D eigenvalue weighted by Crippen LogP contribution is -2.35. The van der Waals surface area contributed by atoms with Crippen molar-refractivity contribution in [2.75, 3.05) is 13.1 Å². The smallest absolute Gasteiger partial charge is 0.0216 e. The molecule has 1 aromatic rings. The van der Waals surface area contributed by atoms with Crippen LogP contribution in [0.25, 0.3) is 0 Å². The van der Waals surface area contributed by atoms with E-state index < -0.39 is 0 Å². The third-order valence-electron chi connectivity index (χ3n) is 4.46. The molecular formula is C15H26N2S. The predicted molar refractivity (Wildman–Crippen MR) is 80.0 cm³/mol. The molecule has 1 saturated carbocycles. The van der Waals surface area contributed by atoms with E-state index >= 15 is 0 Å². The van der Waals surface area contributed by atoms with E-state index in [0.29, 0.717) is 5.41 Å². The van der Waals surface area contributed by atoms with Crippen molar-refractivity contribution < 1.29 is 0 Å². The van der Waals surface area contributed by atoms with Crippen LogP contribution in [0.3, 0.4) is 0 Å². The molecule has 0 atom stereocenters. The summed E-state index contributed by atoms with van der Waals surface area (Å²) in [6.45, 7) is 5.17. The Kier molecular flexibility index (Phi) is 5.22. The highest BCUT2D eigenvalue weighted by Crippen LogP contribution is 2.37. The Hall–Kier alpha value is -0.380. The van der Waals surface area contributed by atoms with Crippen LogP contribution in [0.15, 0.2) is 10.8 Å². The number of nitrogens with one attached hydrogen (secondary N) is 1.